The van der Waals surface area contributed by atoms with E-state index in [0.29, 0.717) is 6.42 Å². The van der Waals surface area contributed by atoms with E-state index in [1.54, 1.807) is 0 Å². The standard InChI is InChI=1S/C12H12O2/c1-9-8-11-10(5-3-7-13)4-2-6-12(11)14-9/h2,4,6-8H,3,5H2,1H3. The third-order valence-corrected chi connectivity index (χ3v) is 2.31. The Morgan fingerprint density at radius 1 is 1.43 bits per heavy atom. The molecule has 1 heterocycles. The predicted molar refractivity (Wildman–Crippen MR) is 55.3 cm³/mol. The Kier molecular flexibility index (Phi) is 2.35. The van der Waals surface area contributed by atoms with E-state index in [9.17, 15) is 4.79 Å². The van der Waals surface area contributed by atoms with Crippen molar-refractivity contribution >= 4 is 17.3 Å². The van der Waals surface area contributed by atoms with Crippen LogP contribution in [0.25, 0.3) is 11.0 Å². The average molecular weight is 188 g/mol. The first-order valence-corrected chi connectivity index (χ1v) is 4.73. The molecule has 0 radical (unpaired) electrons. The molecule has 0 atom stereocenters. The van der Waals surface area contributed by atoms with E-state index >= 15 is 0 Å². The quantitative estimate of drug-likeness (QED) is 0.693. The molecule has 0 saturated carbocycles. The molecule has 0 spiro atoms. The Bertz CT molecular complexity index is 454. The maximum atomic E-state index is 10.3. The molecule has 72 valence electrons. The molecule has 1 aromatic carbocycles. The largest absolute Gasteiger partial charge is 0.461 e. The van der Waals surface area contributed by atoms with Crippen molar-refractivity contribution in [1.82, 2.24) is 0 Å². The molecule has 0 saturated heterocycles. The van der Waals surface area contributed by atoms with E-state index in [4.69, 9.17) is 4.42 Å². The van der Waals surface area contributed by atoms with Crippen LogP contribution in [0.5, 0.6) is 0 Å². The molecule has 0 aliphatic carbocycles. The normalized spacial score (nSPS) is 10.6. The lowest BCUT2D eigenvalue weighted by Gasteiger charge is -1.98. The van der Waals surface area contributed by atoms with Gasteiger partial charge in [0.2, 0.25) is 0 Å². The highest BCUT2D eigenvalue weighted by molar-refractivity contribution is 5.81. The highest BCUT2D eigenvalue weighted by atomic mass is 16.3. The summed E-state index contributed by atoms with van der Waals surface area (Å²) >= 11 is 0. The Hall–Kier alpha value is -1.57. The summed E-state index contributed by atoms with van der Waals surface area (Å²) in [7, 11) is 0. The van der Waals surface area contributed by atoms with Gasteiger partial charge in [0.1, 0.15) is 17.6 Å². The summed E-state index contributed by atoms with van der Waals surface area (Å²) in [5, 5.41) is 1.13. The fraction of sp³-hybridized carbons (Fsp3) is 0.250. The lowest BCUT2D eigenvalue weighted by molar-refractivity contribution is -0.107. The van der Waals surface area contributed by atoms with Crippen molar-refractivity contribution in [2.24, 2.45) is 0 Å². The predicted octanol–water partition coefficient (Wildman–Crippen LogP) is 2.87. The summed E-state index contributed by atoms with van der Waals surface area (Å²) < 4.78 is 5.50. The van der Waals surface area contributed by atoms with E-state index in [2.05, 4.69) is 0 Å². The third kappa shape index (κ3) is 1.55. The summed E-state index contributed by atoms with van der Waals surface area (Å²) in [5.74, 6) is 0.915. The molecule has 1 aromatic heterocycles. The minimum absolute atomic E-state index is 0.573. The molecule has 0 aliphatic heterocycles. The van der Waals surface area contributed by atoms with Crippen LogP contribution >= 0.6 is 0 Å². The Balaban J connectivity index is 2.47. The number of carbonyl (C=O) groups is 1. The van der Waals surface area contributed by atoms with Gasteiger partial charge in [-0.05, 0) is 31.0 Å². The molecule has 0 amide bonds. The van der Waals surface area contributed by atoms with Crippen LogP contribution in [0.1, 0.15) is 17.7 Å². The molecule has 2 aromatic rings. The maximum Gasteiger partial charge on any atom is 0.134 e. The van der Waals surface area contributed by atoms with E-state index in [-0.39, 0.29) is 0 Å². The number of fused-ring (bicyclic) bond motifs is 1. The molecule has 2 nitrogen and oxygen atoms in total. The minimum Gasteiger partial charge on any atom is -0.461 e. The third-order valence-electron chi connectivity index (χ3n) is 2.31. The number of benzene rings is 1. The lowest BCUT2D eigenvalue weighted by Crippen LogP contribution is -1.85. The van der Waals surface area contributed by atoms with Crippen LogP contribution in [0.2, 0.25) is 0 Å². The summed E-state index contributed by atoms with van der Waals surface area (Å²) in [6.07, 6.45) is 2.31. The van der Waals surface area contributed by atoms with Crippen LogP contribution in [0.3, 0.4) is 0 Å². The van der Waals surface area contributed by atoms with Crippen molar-refractivity contribution in [2.45, 2.75) is 19.8 Å². The fourth-order valence-corrected chi connectivity index (χ4v) is 1.68. The molecule has 0 bridgehead atoms. The van der Waals surface area contributed by atoms with Crippen LogP contribution in [0, 0.1) is 6.92 Å². The number of aldehydes is 1. The van der Waals surface area contributed by atoms with Crippen LogP contribution < -0.4 is 0 Å². The van der Waals surface area contributed by atoms with E-state index in [1.165, 1.54) is 5.56 Å². The van der Waals surface area contributed by atoms with Crippen molar-refractivity contribution in [2.75, 3.05) is 0 Å². The number of hydrogen-bond acceptors (Lipinski definition) is 2. The topological polar surface area (TPSA) is 30.2 Å². The molecule has 14 heavy (non-hydrogen) atoms. The number of aryl methyl sites for hydroxylation is 2. The van der Waals surface area contributed by atoms with Crippen LogP contribution in [-0.4, -0.2) is 6.29 Å². The summed E-state index contributed by atoms with van der Waals surface area (Å²) in [6, 6.07) is 7.98. The van der Waals surface area contributed by atoms with Gasteiger partial charge in [0.25, 0.3) is 0 Å². The van der Waals surface area contributed by atoms with Gasteiger partial charge < -0.3 is 9.21 Å². The molecular weight excluding hydrogens is 176 g/mol. The first-order valence-electron chi connectivity index (χ1n) is 4.73. The van der Waals surface area contributed by atoms with Crippen molar-refractivity contribution in [3.05, 3.63) is 35.6 Å². The fourth-order valence-electron chi connectivity index (χ4n) is 1.68. The zero-order valence-electron chi connectivity index (χ0n) is 8.12. The Morgan fingerprint density at radius 2 is 2.29 bits per heavy atom. The summed E-state index contributed by atoms with van der Waals surface area (Å²) in [5.41, 5.74) is 2.09. The second kappa shape index (κ2) is 3.66. The number of furan rings is 1. The molecule has 0 unspecified atom stereocenters. The first-order chi connectivity index (χ1) is 6.81. The summed E-state index contributed by atoms with van der Waals surface area (Å²) in [6.45, 7) is 1.93. The van der Waals surface area contributed by atoms with Crippen molar-refractivity contribution < 1.29 is 9.21 Å². The van der Waals surface area contributed by atoms with Gasteiger partial charge in [-0.15, -0.1) is 0 Å². The smallest absolute Gasteiger partial charge is 0.134 e. The lowest BCUT2D eigenvalue weighted by atomic mass is 10.1. The maximum absolute atomic E-state index is 10.3. The monoisotopic (exact) mass is 188 g/mol. The van der Waals surface area contributed by atoms with Crippen molar-refractivity contribution in [3.8, 4) is 0 Å². The molecule has 2 heteroatoms. The Labute approximate surface area is 82.5 Å². The molecular formula is C12H12O2. The summed E-state index contributed by atoms with van der Waals surface area (Å²) in [4.78, 5) is 10.3. The van der Waals surface area contributed by atoms with Gasteiger partial charge in [-0.2, -0.15) is 0 Å². The molecule has 0 fully saturated rings. The van der Waals surface area contributed by atoms with Crippen molar-refractivity contribution in [3.63, 3.8) is 0 Å². The highest BCUT2D eigenvalue weighted by Gasteiger charge is 2.04. The van der Waals surface area contributed by atoms with E-state index in [0.717, 1.165) is 29.4 Å². The number of rotatable bonds is 3. The van der Waals surface area contributed by atoms with Gasteiger partial charge >= 0.3 is 0 Å². The minimum atomic E-state index is 0.573. The zero-order valence-corrected chi connectivity index (χ0v) is 8.12. The van der Waals surface area contributed by atoms with Gasteiger partial charge in [0, 0.05) is 11.8 Å². The number of carbonyl (C=O) groups excluding carboxylic acids is 1. The highest BCUT2D eigenvalue weighted by Crippen LogP contribution is 2.23. The second-order valence-electron chi connectivity index (χ2n) is 3.39. The SMILES string of the molecule is Cc1cc2c(CCC=O)cccc2o1. The van der Waals surface area contributed by atoms with Crippen LogP contribution in [-0.2, 0) is 11.2 Å². The van der Waals surface area contributed by atoms with Crippen LogP contribution in [0.15, 0.2) is 28.7 Å². The molecule has 2 rings (SSSR count). The average Bonchev–Trinajstić information content (AvgIpc) is 2.55. The first kappa shape index (κ1) is 9.00. The van der Waals surface area contributed by atoms with Gasteiger partial charge in [0.05, 0.1) is 0 Å². The second-order valence-corrected chi connectivity index (χ2v) is 3.39. The van der Waals surface area contributed by atoms with E-state index in [1.807, 2.05) is 31.2 Å². The van der Waals surface area contributed by atoms with Gasteiger partial charge in [-0.25, -0.2) is 0 Å². The molecule has 0 N–H and O–H groups in total. The number of hydrogen-bond donors (Lipinski definition) is 0. The van der Waals surface area contributed by atoms with Gasteiger partial charge in [-0.1, -0.05) is 12.1 Å². The zero-order chi connectivity index (χ0) is 9.97. The van der Waals surface area contributed by atoms with E-state index < -0.39 is 0 Å². The Morgan fingerprint density at radius 3 is 3.07 bits per heavy atom. The van der Waals surface area contributed by atoms with Crippen molar-refractivity contribution in [1.29, 1.82) is 0 Å². The molecule has 0 aliphatic rings. The van der Waals surface area contributed by atoms with Crippen LogP contribution in [0.4, 0.5) is 0 Å². The van der Waals surface area contributed by atoms with Gasteiger partial charge in [0.15, 0.2) is 0 Å². The van der Waals surface area contributed by atoms with Gasteiger partial charge in [-0.3, -0.25) is 0 Å².